The fourth-order valence-corrected chi connectivity index (χ4v) is 6.61. The molecule has 0 radical (unpaired) electrons. The van der Waals surface area contributed by atoms with Crippen molar-refractivity contribution in [2.45, 2.75) is 71.0 Å². The van der Waals surface area contributed by atoms with Crippen LogP contribution in [-0.2, 0) is 32.6 Å². The average Bonchev–Trinajstić information content (AvgIpc) is 3.02. The molecule has 47 heavy (non-hydrogen) atoms. The zero-order valence-electron chi connectivity index (χ0n) is 28.1. The molecule has 2 amide bonds. The fourth-order valence-electron chi connectivity index (χ4n) is 5.19. The zero-order chi connectivity index (χ0) is 34.2. The van der Waals surface area contributed by atoms with Crippen molar-refractivity contribution < 1.29 is 22.7 Å². The van der Waals surface area contributed by atoms with Gasteiger partial charge in [-0.15, -0.1) is 0 Å². The van der Waals surface area contributed by atoms with Gasteiger partial charge < -0.3 is 15.0 Å². The first-order chi connectivity index (χ1) is 22.3. The third kappa shape index (κ3) is 9.45. The molecule has 0 aliphatic rings. The van der Waals surface area contributed by atoms with Crippen LogP contribution >= 0.6 is 0 Å². The Kier molecular flexibility index (Phi) is 11.5. The number of nitrogens with zero attached hydrogens (tertiary/aromatic N) is 2. The molecule has 1 atom stereocenters. The normalized spacial score (nSPS) is 12.2. The number of para-hydroxylation sites is 2. The molecule has 0 saturated heterocycles. The van der Waals surface area contributed by atoms with Gasteiger partial charge in [-0.05, 0) is 76.9 Å². The van der Waals surface area contributed by atoms with Crippen LogP contribution in [0.2, 0.25) is 0 Å². The molecule has 0 spiro atoms. The van der Waals surface area contributed by atoms with Crippen molar-refractivity contribution in [3.63, 3.8) is 0 Å². The number of anilines is 1. The van der Waals surface area contributed by atoms with Crippen LogP contribution in [0.3, 0.4) is 0 Å². The van der Waals surface area contributed by atoms with Crippen LogP contribution in [0.5, 0.6) is 5.75 Å². The third-order valence-corrected chi connectivity index (χ3v) is 9.34. The standard InChI is InChI=1S/C38H45N3O5S/c1-7-46-35-16-12-11-15-33(35)41(47(44,45)32-23-19-29(3)20-24-32)27-36(42)40(26-31-21-17-28(2)18-22-31)34(37(43)39-38(4,5)6)25-30-13-9-8-10-14-30/h8-24,34H,7,25-27H2,1-6H3,(H,39,43)/t34-/m1/s1. The Morgan fingerprint density at radius 3 is 1.96 bits per heavy atom. The maximum absolute atomic E-state index is 14.7. The molecule has 9 heteroatoms. The van der Waals surface area contributed by atoms with Gasteiger partial charge in [0.15, 0.2) is 0 Å². The second kappa shape index (κ2) is 15.3. The Labute approximate surface area is 279 Å². The molecule has 4 aromatic carbocycles. The molecular formula is C38H45N3O5S. The van der Waals surface area contributed by atoms with E-state index in [-0.39, 0.29) is 29.5 Å². The van der Waals surface area contributed by atoms with Crippen molar-refractivity contribution in [2.24, 2.45) is 0 Å². The molecule has 248 valence electrons. The molecular weight excluding hydrogens is 611 g/mol. The van der Waals surface area contributed by atoms with Crippen molar-refractivity contribution in [3.8, 4) is 5.75 Å². The lowest BCUT2D eigenvalue weighted by molar-refractivity contribution is -0.140. The van der Waals surface area contributed by atoms with E-state index in [2.05, 4.69) is 5.32 Å². The van der Waals surface area contributed by atoms with E-state index in [9.17, 15) is 18.0 Å². The molecule has 0 bridgehead atoms. The summed E-state index contributed by atoms with van der Waals surface area (Å²) < 4.78 is 35.6. The van der Waals surface area contributed by atoms with Gasteiger partial charge in [-0.1, -0.05) is 90.0 Å². The number of hydrogen-bond donors (Lipinski definition) is 1. The first kappa shape index (κ1) is 35.2. The number of sulfonamides is 1. The number of benzene rings is 4. The fraction of sp³-hybridized carbons (Fsp3) is 0.316. The van der Waals surface area contributed by atoms with Crippen molar-refractivity contribution in [1.29, 1.82) is 0 Å². The molecule has 0 heterocycles. The highest BCUT2D eigenvalue weighted by Gasteiger charge is 2.36. The van der Waals surface area contributed by atoms with Gasteiger partial charge in [-0.3, -0.25) is 13.9 Å². The van der Waals surface area contributed by atoms with Crippen molar-refractivity contribution in [1.82, 2.24) is 10.2 Å². The van der Waals surface area contributed by atoms with Crippen LogP contribution < -0.4 is 14.4 Å². The minimum absolute atomic E-state index is 0.0404. The van der Waals surface area contributed by atoms with Gasteiger partial charge in [0.1, 0.15) is 18.3 Å². The first-order valence-electron chi connectivity index (χ1n) is 15.8. The van der Waals surface area contributed by atoms with Gasteiger partial charge in [0.2, 0.25) is 11.8 Å². The van der Waals surface area contributed by atoms with Gasteiger partial charge in [0, 0.05) is 18.5 Å². The second-order valence-corrected chi connectivity index (χ2v) is 14.5. The molecule has 4 rings (SSSR count). The summed E-state index contributed by atoms with van der Waals surface area (Å²) >= 11 is 0. The Morgan fingerprint density at radius 2 is 1.36 bits per heavy atom. The summed E-state index contributed by atoms with van der Waals surface area (Å²) in [6, 6.07) is 29.6. The van der Waals surface area contributed by atoms with Crippen molar-refractivity contribution in [2.75, 3.05) is 17.5 Å². The lowest BCUT2D eigenvalue weighted by Gasteiger charge is -2.35. The van der Waals surface area contributed by atoms with Crippen LogP contribution in [0.4, 0.5) is 5.69 Å². The molecule has 0 aromatic heterocycles. The smallest absolute Gasteiger partial charge is 0.264 e. The largest absolute Gasteiger partial charge is 0.492 e. The number of carbonyl (C=O) groups excluding carboxylic acids is 2. The summed E-state index contributed by atoms with van der Waals surface area (Å²) in [5, 5.41) is 3.06. The van der Waals surface area contributed by atoms with E-state index in [1.54, 1.807) is 36.4 Å². The van der Waals surface area contributed by atoms with E-state index in [0.717, 1.165) is 26.6 Å². The Balaban J connectivity index is 1.85. The van der Waals surface area contributed by atoms with Gasteiger partial charge in [-0.2, -0.15) is 0 Å². The number of aryl methyl sites for hydroxylation is 2. The topological polar surface area (TPSA) is 96.0 Å². The summed E-state index contributed by atoms with van der Waals surface area (Å²) in [7, 11) is -4.25. The third-order valence-electron chi connectivity index (χ3n) is 7.56. The molecule has 4 aromatic rings. The SMILES string of the molecule is CCOc1ccccc1N(CC(=O)N(Cc1ccc(C)cc1)[C@H](Cc1ccccc1)C(=O)NC(C)(C)C)S(=O)(=O)c1ccc(C)cc1. The summed E-state index contributed by atoms with van der Waals surface area (Å²) in [5.74, 6) is -0.531. The number of carbonyl (C=O) groups is 2. The minimum atomic E-state index is -4.25. The predicted molar refractivity (Wildman–Crippen MR) is 187 cm³/mol. The first-order valence-corrected chi connectivity index (χ1v) is 17.2. The summed E-state index contributed by atoms with van der Waals surface area (Å²) in [4.78, 5) is 30.3. The molecule has 0 fully saturated rings. The van der Waals surface area contributed by atoms with E-state index in [1.165, 1.54) is 17.0 Å². The monoisotopic (exact) mass is 655 g/mol. The summed E-state index contributed by atoms with van der Waals surface area (Å²) in [5.41, 5.74) is 3.31. The van der Waals surface area contributed by atoms with Crippen molar-refractivity contribution >= 4 is 27.5 Å². The zero-order valence-corrected chi connectivity index (χ0v) is 28.9. The molecule has 0 unspecified atom stereocenters. The van der Waals surface area contributed by atoms with Crippen LogP contribution in [-0.4, -0.2) is 49.9 Å². The summed E-state index contributed by atoms with van der Waals surface area (Å²) in [6.45, 7) is 11.2. The predicted octanol–water partition coefficient (Wildman–Crippen LogP) is 6.45. The van der Waals surface area contributed by atoms with E-state index < -0.39 is 34.1 Å². The molecule has 8 nitrogen and oxygen atoms in total. The van der Waals surface area contributed by atoms with Crippen molar-refractivity contribution in [3.05, 3.63) is 125 Å². The van der Waals surface area contributed by atoms with Crippen LogP contribution in [0.25, 0.3) is 0 Å². The Bertz CT molecular complexity index is 1750. The number of rotatable bonds is 13. The second-order valence-electron chi connectivity index (χ2n) is 12.7. The van der Waals surface area contributed by atoms with Crippen LogP contribution in [0.1, 0.15) is 49.9 Å². The average molecular weight is 656 g/mol. The molecule has 0 saturated carbocycles. The highest BCUT2D eigenvalue weighted by molar-refractivity contribution is 7.92. The van der Waals surface area contributed by atoms with Crippen LogP contribution in [0.15, 0.2) is 108 Å². The van der Waals surface area contributed by atoms with Gasteiger partial charge >= 0.3 is 0 Å². The highest BCUT2D eigenvalue weighted by atomic mass is 32.2. The lowest BCUT2D eigenvalue weighted by Crippen LogP contribution is -2.56. The maximum Gasteiger partial charge on any atom is 0.264 e. The molecule has 1 N–H and O–H groups in total. The lowest BCUT2D eigenvalue weighted by atomic mass is 10.0. The molecule has 0 aliphatic carbocycles. The minimum Gasteiger partial charge on any atom is -0.492 e. The number of nitrogens with one attached hydrogen (secondary N) is 1. The molecule has 0 aliphatic heterocycles. The number of amides is 2. The van der Waals surface area contributed by atoms with Gasteiger partial charge in [0.05, 0.1) is 17.2 Å². The van der Waals surface area contributed by atoms with E-state index in [1.807, 2.05) is 96.1 Å². The van der Waals surface area contributed by atoms with Crippen LogP contribution in [0, 0.1) is 13.8 Å². The maximum atomic E-state index is 14.7. The highest BCUT2D eigenvalue weighted by Crippen LogP contribution is 2.33. The van der Waals surface area contributed by atoms with E-state index in [0.29, 0.717) is 12.4 Å². The van der Waals surface area contributed by atoms with E-state index in [4.69, 9.17) is 4.74 Å². The summed E-state index contributed by atoms with van der Waals surface area (Å²) in [6.07, 6.45) is 0.237. The van der Waals surface area contributed by atoms with Gasteiger partial charge in [0.25, 0.3) is 10.0 Å². The van der Waals surface area contributed by atoms with Gasteiger partial charge in [-0.25, -0.2) is 8.42 Å². The Hall–Kier alpha value is -4.63. The van der Waals surface area contributed by atoms with E-state index >= 15 is 0 Å². The Morgan fingerprint density at radius 1 is 0.787 bits per heavy atom. The number of ether oxygens (including phenoxy) is 1. The quantitative estimate of drug-likeness (QED) is 0.179. The number of hydrogen-bond acceptors (Lipinski definition) is 5.